The highest BCUT2D eigenvalue weighted by Gasteiger charge is 2.34. The first-order chi connectivity index (χ1) is 13.2. The first-order valence-electron chi connectivity index (χ1n) is 9.27. The molecular weight excluding hydrogens is 369 g/mol. The summed E-state index contributed by atoms with van der Waals surface area (Å²) < 4.78 is 38.9. The van der Waals surface area contributed by atoms with E-state index in [-0.39, 0.29) is 29.5 Å². The van der Waals surface area contributed by atoms with Crippen LogP contribution < -0.4 is 10.2 Å². The summed E-state index contributed by atoms with van der Waals surface area (Å²) >= 11 is 0. The second kappa shape index (κ2) is 8.16. The second-order valence-electron chi connectivity index (χ2n) is 7.06. The molecule has 2 heterocycles. The second-order valence-corrected chi connectivity index (χ2v) is 7.06. The number of amides is 1. The number of anilines is 1. The first kappa shape index (κ1) is 20.1. The van der Waals surface area contributed by atoms with Crippen molar-refractivity contribution in [3.05, 3.63) is 53.5 Å². The van der Waals surface area contributed by atoms with E-state index >= 15 is 0 Å². The highest BCUT2D eigenvalue weighted by Crippen LogP contribution is 2.30. The van der Waals surface area contributed by atoms with E-state index in [2.05, 4.69) is 15.3 Å². The molecule has 2 aromatic rings. The van der Waals surface area contributed by atoms with E-state index in [9.17, 15) is 18.0 Å². The fourth-order valence-electron chi connectivity index (χ4n) is 3.33. The van der Waals surface area contributed by atoms with Crippen LogP contribution in [-0.4, -0.2) is 35.0 Å². The summed E-state index contributed by atoms with van der Waals surface area (Å²) in [6.45, 7) is 4.37. The lowest BCUT2D eigenvalue weighted by molar-refractivity contribution is -0.141. The Morgan fingerprint density at radius 3 is 2.43 bits per heavy atom. The van der Waals surface area contributed by atoms with Gasteiger partial charge in [-0.1, -0.05) is 30.3 Å². The lowest BCUT2D eigenvalue weighted by Crippen LogP contribution is -2.46. The van der Waals surface area contributed by atoms with Gasteiger partial charge in [0.2, 0.25) is 5.91 Å². The number of hydrogen-bond donors (Lipinski definition) is 1. The van der Waals surface area contributed by atoms with E-state index in [0.717, 1.165) is 11.6 Å². The lowest BCUT2D eigenvalue weighted by atomic mass is 9.98. The highest BCUT2D eigenvalue weighted by atomic mass is 19.4. The number of carbonyl (C=O) groups excluding carboxylic acids is 1. The molecular formula is C20H23F3N4O. The van der Waals surface area contributed by atoms with Gasteiger partial charge in [0, 0.05) is 25.2 Å². The summed E-state index contributed by atoms with van der Waals surface area (Å²) in [5.74, 6) is 0.0826. The van der Waals surface area contributed by atoms with Gasteiger partial charge in [-0.2, -0.15) is 13.2 Å². The minimum Gasteiger partial charge on any atom is -0.356 e. The van der Waals surface area contributed by atoms with Crippen LogP contribution in [-0.2, 0) is 11.0 Å². The van der Waals surface area contributed by atoms with Crippen LogP contribution in [0.1, 0.15) is 42.8 Å². The van der Waals surface area contributed by atoms with Crippen molar-refractivity contribution in [2.45, 2.75) is 44.8 Å². The predicted octanol–water partition coefficient (Wildman–Crippen LogP) is 3.69. The van der Waals surface area contributed by atoms with Crippen molar-refractivity contribution in [3.63, 3.8) is 0 Å². The smallest absolute Gasteiger partial charge is 0.356 e. The number of piperidine rings is 1. The molecule has 1 N–H and O–H groups in total. The van der Waals surface area contributed by atoms with Crippen LogP contribution in [0.3, 0.4) is 0 Å². The van der Waals surface area contributed by atoms with Gasteiger partial charge in [0.25, 0.3) is 0 Å². The summed E-state index contributed by atoms with van der Waals surface area (Å²) in [7, 11) is 0. The molecule has 1 aliphatic rings. The number of nitrogens with zero attached hydrogens (tertiary/aromatic N) is 3. The maximum Gasteiger partial charge on any atom is 0.433 e. The van der Waals surface area contributed by atoms with Gasteiger partial charge in [0.05, 0.1) is 5.92 Å². The number of aryl methyl sites for hydroxylation is 1. The third kappa shape index (κ3) is 4.79. The van der Waals surface area contributed by atoms with Crippen molar-refractivity contribution < 1.29 is 18.0 Å². The molecule has 1 amide bonds. The van der Waals surface area contributed by atoms with Crippen LogP contribution in [0.4, 0.5) is 19.0 Å². The molecule has 28 heavy (non-hydrogen) atoms. The minimum absolute atomic E-state index is 0.0000621. The molecule has 1 atom stereocenters. The zero-order chi connectivity index (χ0) is 20.3. The third-order valence-electron chi connectivity index (χ3n) is 4.97. The van der Waals surface area contributed by atoms with Crippen LogP contribution in [0, 0.1) is 6.92 Å². The van der Waals surface area contributed by atoms with E-state index in [1.54, 1.807) is 0 Å². The summed E-state index contributed by atoms with van der Waals surface area (Å²) in [6, 6.07) is 10.5. The Morgan fingerprint density at radius 2 is 1.82 bits per heavy atom. The minimum atomic E-state index is -4.50. The maximum atomic E-state index is 13.0. The van der Waals surface area contributed by atoms with Gasteiger partial charge in [-0.05, 0) is 32.3 Å². The van der Waals surface area contributed by atoms with Crippen molar-refractivity contribution in [2.75, 3.05) is 18.0 Å². The zero-order valence-corrected chi connectivity index (χ0v) is 15.8. The topological polar surface area (TPSA) is 58.1 Å². The number of benzene rings is 1. The SMILES string of the molecule is Cc1nc(N2CCC(NC(=O)[C@@H](C)c3ccccc3)CC2)cc(C(F)(F)F)n1. The van der Waals surface area contributed by atoms with Gasteiger partial charge in [0.1, 0.15) is 17.3 Å². The van der Waals surface area contributed by atoms with Gasteiger partial charge < -0.3 is 10.2 Å². The molecule has 0 radical (unpaired) electrons. The van der Waals surface area contributed by atoms with Gasteiger partial charge >= 0.3 is 6.18 Å². The van der Waals surface area contributed by atoms with Gasteiger partial charge in [-0.15, -0.1) is 0 Å². The van der Waals surface area contributed by atoms with E-state index in [4.69, 9.17) is 0 Å². The largest absolute Gasteiger partial charge is 0.433 e. The number of aromatic nitrogens is 2. The van der Waals surface area contributed by atoms with Crippen LogP contribution in [0.5, 0.6) is 0 Å². The number of halogens is 3. The van der Waals surface area contributed by atoms with Crippen molar-refractivity contribution in [1.29, 1.82) is 0 Å². The molecule has 0 bridgehead atoms. The molecule has 5 nitrogen and oxygen atoms in total. The molecule has 0 unspecified atom stereocenters. The molecule has 1 aromatic carbocycles. The maximum absolute atomic E-state index is 13.0. The van der Waals surface area contributed by atoms with Crippen LogP contribution >= 0.6 is 0 Å². The van der Waals surface area contributed by atoms with Gasteiger partial charge in [0.15, 0.2) is 0 Å². The Hall–Kier alpha value is -2.64. The summed E-state index contributed by atoms with van der Waals surface area (Å²) in [6.07, 6.45) is -3.20. The van der Waals surface area contributed by atoms with Crippen molar-refractivity contribution in [3.8, 4) is 0 Å². The lowest BCUT2D eigenvalue weighted by Gasteiger charge is -2.34. The quantitative estimate of drug-likeness (QED) is 0.862. The van der Waals surface area contributed by atoms with E-state index in [1.807, 2.05) is 42.2 Å². The van der Waals surface area contributed by atoms with E-state index < -0.39 is 11.9 Å². The van der Waals surface area contributed by atoms with E-state index in [0.29, 0.717) is 25.9 Å². The zero-order valence-electron chi connectivity index (χ0n) is 15.8. The summed E-state index contributed by atoms with van der Waals surface area (Å²) in [4.78, 5) is 21.9. The normalized spacial score (nSPS) is 16.7. The fraction of sp³-hybridized carbons (Fsp3) is 0.450. The first-order valence-corrected chi connectivity index (χ1v) is 9.27. The Balaban J connectivity index is 1.59. The molecule has 3 rings (SSSR count). The average Bonchev–Trinajstić information content (AvgIpc) is 2.67. The molecule has 1 aromatic heterocycles. The molecule has 150 valence electrons. The molecule has 1 saturated heterocycles. The highest BCUT2D eigenvalue weighted by molar-refractivity contribution is 5.83. The Labute approximate surface area is 162 Å². The van der Waals surface area contributed by atoms with Gasteiger partial charge in [-0.3, -0.25) is 4.79 Å². The van der Waals surface area contributed by atoms with Crippen LogP contribution in [0.2, 0.25) is 0 Å². The fourth-order valence-corrected chi connectivity index (χ4v) is 3.33. The summed E-state index contributed by atoms with van der Waals surface area (Å²) in [5.41, 5.74) is 0.0238. The van der Waals surface area contributed by atoms with Crippen molar-refractivity contribution in [1.82, 2.24) is 15.3 Å². The number of nitrogens with one attached hydrogen (secondary N) is 1. The monoisotopic (exact) mass is 392 g/mol. The van der Waals surface area contributed by atoms with Gasteiger partial charge in [-0.25, -0.2) is 9.97 Å². The molecule has 1 fully saturated rings. The molecule has 0 saturated carbocycles. The molecule has 8 heteroatoms. The standard InChI is InChI=1S/C20H23F3N4O/c1-13(15-6-4-3-5-7-15)19(28)26-16-8-10-27(11-9-16)18-12-17(20(21,22)23)24-14(2)25-18/h3-7,12-13,16H,8-11H2,1-2H3,(H,26,28)/t13-/m0/s1. The number of hydrogen-bond acceptors (Lipinski definition) is 4. The molecule has 1 aliphatic heterocycles. The number of carbonyl (C=O) groups is 1. The Bertz CT molecular complexity index is 818. The average molecular weight is 392 g/mol. The number of alkyl halides is 3. The predicted molar refractivity (Wildman–Crippen MR) is 100 cm³/mol. The third-order valence-corrected chi connectivity index (χ3v) is 4.97. The Morgan fingerprint density at radius 1 is 1.18 bits per heavy atom. The molecule has 0 aliphatic carbocycles. The summed E-state index contributed by atoms with van der Waals surface area (Å²) in [5, 5.41) is 3.06. The number of rotatable bonds is 4. The van der Waals surface area contributed by atoms with Crippen molar-refractivity contribution >= 4 is 11.7 Å². The van der Waals surface area contributed by atoms with Crippen LogP contribution in [0.25, 0.3) is 0 Å². The molecule has 0 spiro atoms. The Kier molecular flexibility index (Phi) is 5.86. The van der Waals surface area contributed by atoms with Crippen molar-refractivity contribution in [2.24, 2.45) is 0 Å². The van der Waals surface area contributed by atoms with Crippen LogP contribution in [0.15, 0.2) is 36.4 Å². The van der Waals surface area contributed by atoms with E-state index in [1.165, 1.54) is 6.92 Å².